The van der Waals surface area contributed by atoms with Gasteiger partial charge in [0.1, 0.15) is 5.75 Å². The summed E-state index contributed by atoms with van der Waals surface area (Å²) < 4.78 is 16.0. The summed E-state index contributed by atoms with van der Waals surface area (Å²) in [4.78, 5) is 4.55. The number of nitrogens with one attached hydrogen (secondary N) is 1. The fourth-order valence-corrected chi connectivity index (χ4v) is 3.11. The molecule has 2 aliphatic rings. The van der Waals surface area contributed by atoms with Crippen LogP contribution in [0.5, 0.6) is 17.2 Å². The van der Waals surface area contributed by atoms with E-state index in [1.165, 1.54) is 0 Å². The molecule has 3 N–H and O–H groups in total. The molecule has 0 aliphatic carbocycles. The van der Waals surface area contributed by atoms with Crippen molar-refractivity contribution in [2.45, 2.75) is 18.5 Å². The lowest BCUT2D eigenvalue weighted by atomic mass is 9.93. The van der Waals surface area contributed by atoms with E-state index in [1.54, 1.807) is 7.11 Å². The van der Waals surface area contributed by atoms with Gasteiger partial charge in [0.05, 0.1) is 19.2 Å². The quantitative estimate of drug-likeness (QED) is 0.906. The lowest BCUT2D eigenvalue weighted by molar-refractivity contribution is 0.174. The molecule has 6 nitrogen and oxygen atoms in total. The van der Waals surface area contributed by atoms with Crippen molar-refractivity contribution >= 4 is 5.96 Å². The van der Waals surface area contributed by atoms with Crippen LogP contribution >= 0.6 is 0 Å². The highest BCUT2D eigenvalue weighted by Gasteiger charge is 2.26. The normalized spacial score (nSPS) is 21.8. The maximum atomic E-state index is 6.02. The molecule has 2 aromatic rings. The number of rotatable bonds is 3. The average Bonchev–Trinajstić information content (AvgIpc) is 3.09. The molecule has 4 rings (SSSR count). The number of hydrogen-bond acceptors (Lipinski definition) is 6. The molecule has 0 saturated carbocycles. The summed E-state index contributed by atoms with van der Waals surface area (Å²) in [6.07, 6.45) is 0.812. The van der Waals surface area contributed by atoms with E-state index in [0.29, 0.717) is 5.96 Å². The third-order valence-electron chi connectivity index (χ3n) is 4.38. The standard InChI is InChI=1S/C18H19N3O3/c1-22-13-5-2-11(3-6-13)14-9-15(21-18(19)20-14)12-4-7-16-17(8-12)24-10-23-16/h2-8,14-15H,9-10H2,1H3,(H3,19,20,21). The maximum Gasteiger partial charge on any atom is 0.231 e. The van der Waals surface area contributed by atoms with Crippen LogP contribution in [-0.2, 0) is 0 Å². The Labute approximate surface area is 140 Å². The number of fused-ring (bicyclic) bond motifs is 1. The predicted octanol–water partition coefficient (Wildman–Crippen LogP) is 2.51. The molecule has 6 heteroatoms. The van der Waals surface area contributed by atoms with Gasteiger partial charge < -0.3 is 25.3 Å². The molecule has 0 amide bonds. The van der Waals surface area contributed by atoms with Crippen molar-refractivity contribution in [3.63, 3.8) is 0 Å². The van der Waals surface area contributed by atoms with E-state index < -0.39 is 0 Å². The van der Waals surface area contributed by atoms with Crippen LogP contribution in [0.2, 0.25) is 0 Å². The number of guanidine groups is 1. The summed E-state index contributed by atoms with van der Waals surface area (Å²) in [5, 5.41) is 3.25. The number of aliphatic imine (C=N–C) groups is 1. The van der Waals surface area contributed by atoms with Crippen LogP contribution < -0.4 is 25.3 Å². The molecule has 0 saturated heterocycles. The van der Waals surface area contributed by atoms with Crippen LogP contribution in [0.25, 0.3) is 0 Å². The second kappa shape index (κ2) is 5.96. The minimum atomic E-state index is -0.0205. The fraction of sp³-hybridized carbons (Fsp3) is 0.278. The largest absolute Gasteiger partial charge is 0.497 e. The minimum Gasteiger partial charge on any atom is -0.497 e. The number of ether oxygens (including phenoxy) is 3. The Balaban J connectivity index is 1.59. The maximum absolute atomic E-state index is 6.02. The molecule has 0 spiro atoms. The van der Waals surface area contributed by atoms with E-state index in [1.807, 2.05) is 42.5 Å². The van der Waals surface area contributed by atoms with Crippen molar-refractivity contribution in [1.29, 1.82) is 0 Å². The van der Waals surface area contributed by atoms with Gasteiger partial charge in [-0.15, -0.1) is 0 Å². The van der Waals surface area contributed by atoms with Crippen LogP contribution in [-0.4, -0.2) is 19.9 Å². The van der Waals surface area contributed by atoms with Gasteiger partial charge in [-0.2, -0.15) is 0 Å². The third kappa shape index (κ3) is 2.71. The van der Waals surface area contributed by atoms with Gasteiger partial charge in [-0.25, -0.2) is 4.99 Å². The summed E-state index contributed by atoms with van der Waals surface area (Å²) in [7, 11) is 1.66. The lowest BCUT2D eigenvalue weighted by Gasteiger charge is -2.29. The Kier molecular flexibility index (Phi) is 3.65. The van der Waals surface area contributed by atoms with Crippen molar-refractivity contribution in [1.82, 2.24) is 5.32 Å². The average molecular weight is 325 g/mol. The fourth-order valence-electron chi connectivity index (χ4n) is 3.11. The Morgan fingerprint density at radius 1 is 1.08 bits per heavy atom. The molecule has 0 aromatic heterocycles. The van der Waals surface area contributed by atoms with Crippen molar-refractivity contribution in [3.05, 3.63) is 53.6 Å². The molecule has 2 unspecified atom stereocenters. The monoisotopic (exact) mass is 325 g/mol. The van der Waals surface area contributed by atoms with Crippen molar-refractivity contribution < 1.29 is 14.2 Å². The Bertz CT molecular complexity index is 774. The SMILES string of the molecule is COc1ccc(C2CC(c3ccc4c(c3)OCO4)N=C(N)N2)cc1. The molecule has 2 atom stereocenters. The van der Waals surface area contributed by atoms with E-state index in [-0.39, 0.29) is 18.9 Å². The molecule has 0 fully saturated rings. The van der Waals surface area contributed by atoms with Crippen LogP contribution in [0, 0.1) is 0 Å². The highest BCUT2D eigenvalue weighted by molar-refractivity contribution is 5.79. The number of methoxy groups -OCH3 is 1. The predicted molar refractivity (Wildman–Crippen MR) is 90.4 cm³/mol. The van der Waals surface area contributed by atoms with E-state index in [2.05, 4.69) is 10.3 Å². The van der Waals surface area contributed by atoms with Crippen LogP contribution in [0.15, 0.2) is 47.5 Å². The van der Waals surface area contributed by atoms with Gasteiger partial charge in [0, 0.05) is 0 Å². The van der Waals surface area contributed by atoms with Crippen LogP contribution in [0.4, 0.5) is 0 Å². The van der Waals surface area contributed by atoms with Gasteiger partial charge in [0.2, 0.25) is 6.79 Å². The minimum absolute atomic E-state index is 0.0205. The zero-order valence-corrected chi connectivity index (χ0v) is 13.4. The van der Waals surface area contributed by atoms with E-state index in [0.717, 1.165) is 34.8 Å². The highest BCUT2D eigenvalue weighted by Crippen LogP contribution is 2.38. The molecule has 124 valence electrons. The van der Waals surface area contributed by atoms with Crippen molar-refractivity contribution in [2.75, 3.05) is 13.9 Å². The Morgan fingerprint density at radius 3 is 2.62 bits per heavy atom. The van der Waals surface area contributed by atoms with Crippen molar-refractivity contribution in [3.8, 4) is 17.2 Å². The number of nitrogens with two attached hydrogens (primary N) is 1. The Morgan fingerprint density at radius 2 is 1.83 bits per heavy atom. The second-order valence-electron chi connectivity index (χ2n) is 5.85. The molecule has 0 radical (unpaired) electrons. The number of hydrogen-bond donors (Lipinski definition) is 2. The summed E-state index contributed by atoms with van der Waals surface area (Å²) in [6, 6.07) is 14.0. The number of nitrogens with zero attached hydrogens (tertiary/aromatic N) is 1. The molecular formula is C18H19N3O3. The molecular weight excluding hydrogens is 306 g/mol. The summed E-state index contributed by atoms with van der Waals surface area (Å²) in [5.41, 5.74) is 8.24. The molecule has 0 bridgehead atoms. The summed E-state index contributed by atoms with van der Waals surface area (Å²) in [5.74, 6) is 2.82. The highest BCUT2D eigenvalue weighted by atomic mass is 16.7. The van der Waals surface area contributed by atoms with Gasteiger partial charge in [-0.05, 0) is 41.8 Å². The third-order valence-corrected chi connectivity index (χ3v) is 4.38. The van der Waals surface area contributed by atoms with Gasteiger partial charge in [0.25, 0.3) is 0 Å². The first-order valence-electron chi connectivity index (χ1n) is 7.86. The molecule has 2 aliphatic heterocycles. The van der Waals surface area contributed by atoms with E-state index >= 15 is 0 Å². The topological polar surface area (TPSA) is 78.1 Å². The smallest absolute Gasteiger partial charge is 0.231 e. The Hall–Kier alpha value is -2.89. The molecule has 2 aromatic carbocycles. The first-order chi connectivity index (χ1) is 11.7. The van der Waals surface area contributed by atoms with Crippen LogP contribution in [0.1, 0.15) is 29.6 Å². The second-order valence-corrected chi connectivity index (χ2v) is 5.85. The van der Waals surface area contributed by atoms with E-state index in [4.69, 9.17) is 19.9 Å². The van der Waals surface area contributed by atoms with Crippen molar-refractivity contribution in [2.24, 2.45) is 10.7 Å². The first kappa shape index (κ1) is 14.7. The van der Waals surface area contributed by atoms with Gasteiger partial charge in [-0.3, -0.25) is 0 Å². The van der Waals surface area contributed by atoms with E-state index in [9.17, 15) is 0 Å². The summed E-state index contributed by atoms with van der Waals surface area (Å²) in [6.45, 7) is 0.269. The van der Waals surface area contributed by atoms with Gasteiger partial charge in [0.15, 0.2) is 17.5 Å². The van der Waals surface area contributed by atoms with Crippen LogP contribution in [0.3, 0.4) is 0 Å². The zero-order chi connectivity index (χ0) is 16.5. The number of benzene rings is 2. The van der Waals surface area contributed by atoms with Gasteiger partial charge >= 0.3 is 0 Å². The molecule has 24 heavy (non-hydrogen) atoms. The molecule has 2 heterocycles. The van der Waals surface area contributed by atoms with Gasteiger partial charge in [-0.1, -0.05) is 18.2 Å². The lowest BCUT2D eigenvalue weighted by Crippen LogP contribution is -2.39. The summed E-state index contributed by atoms with van der Waals surface area (Å²) >= 11 is 0. The zero-order valence-electron chi connectivity index (χ0n) is 13.4. The first-order valence-corrected chi connectivity index (χ1v) is 7.86.